The second-order valence-corrected chi connectivity index (χ2v) is 20.9. The van der Waals surface area contributed by atoms with Gasteiger partial charge in [-0.25, -0.2) is 0 Å². The van der Waals surface area contributed by atoms with E-state index < -0.39 is 8.07 Å². The molecule has 0 saturated carbocycles. The minimum absolute atomic E-state index is 0. The van der Waals surface area contributed by atoms with E-state index >= 15 is 0 Å². The van der Waals surface area contributed by atoms with Gasteiger partial charge in [-0.1, -0.05) is 114 Å². The van der Waals surface area contributed by atoms with E-state index in [0.717, 1.165) is 22.5 Å². The molecule has 1 radical (unpaired) electrons. The van der Waals surface area contributed by atoms with Crippen molar-refractivity contribution in [3.8, 4) is 33.6 Å². The summed E-state index contributed by atoms with van der Waals surface area (Å²) in [6.07, 6.45) is 4.02. The molecular weight excluding hydrogens is 809 g/mol. The van der Waals surface area contributed by atoms with Crippen molar-refractivity contribution in [2.24, 2.45) is 0 Å². The summed E-state index contributed by atoms with van der Waals surface area (Å²) >= 11 is 1.83. The molecule has 0 atom stereocenters. The molecule has 0 amide bonds. The van der Waals surface area contributed by atoms with Gasteiger partial charge in [0.1, 0.15) is 0 Å². The summed E-state index contributed by atoms with van der Waals surface area (Å²) in [6, 6.07) is 42.9. The maximum absolute atomic E-state index is 4.68. The van der Waals surface area contributed by atoms with Crippen LogP contribution in [0.1, 0.15) is 51.7 Å². The zero-order valence-electron chi connectivity index (χ0n) is 29.7. The Bertz CT molecular complexity index is 2180. The van der Waals surface area contributed by atoms with Gasteiger partial charge < -0.3 is 9.97 Å². The first-order valence-electron chi connectivity index (χ1n) is 16.8. The maximum atomic E-state index is 4.68. The van der Waals surface area contributed by atoms with E-state index in [1.807, 2.05) is 41.8 Å². The SMILES string of the molecule is CC(C)(C)c1ccnc(-c2[c-]ccc3c2sc2ccc(-c4ccccc4)cc23)c1.CC(C)c1cc(-c2[c-]cccc2)ncc1[Si](C)(C)C.[Ir]. The molecule has 0 bridgehead atoms. The number of hydrogen-bond acceptors (Lipinski definition) is 3. The summed E-state index contributed by atoms with van der Waals surface area (Å²) in [5.41, 5.74) is 9.53. The summed E-state index contributed by atoms with van der Waals surface area (Å²) < 4.78 is 2.55. The third kappa shape index (κ3) is 8.19. The van der Waals surface area contributed by atoms with Crippen molar-refractivity contribution >= 4 is 44.8 Å². The minimum Gasteiger partial charge on any atom is -0.305 e. The number of rotatable bonds is 5. The monoisotopic (exact) mass is 853 g/mol. The van der Waals surface area contributed by atoms with Gasteiger partial charge >= 0.3 is 0 Å². The second-order valence-electron chi connectivity index (χ2n) is 14.8. The van der Waals surface area contributed by atoms with Crippen LogP contribution in [-0.4, -0.2) is 18.0 Å². The van der Waals surface area contributed by atoms with Crippen LogP contribution in [0.5, 0.6) is 0 Å². The van der Waals surface area contributed by atoms with Gasteiger partial charge in [0.15, 0.2) is 0 Å². The van der Waals surface area contributed by atoms with E-state index in [4.69, 9.17) is 0 Å². The van der Waals surface area contributed by atoms with E-state index in [1.54, 1.807) is 0 Å². The summed E-state index contributed by atoms with van der Waals surface area (Å²) in [6.45, 7) is 18.4. The Labute approximate surface area is 311 Å². The molecule has 7 rings (SSSR count). The molecule has 0 fully saturated rings. The van der Waals surface area contributed by atoms with Crippen molar-refractivity contribution in [3.05, 3.63) is 139 Å². The zero-order valence-corrected chi connectivity index (χ0v) is 33.9. The average Bonchev–Trinajstić information content (AvgIpc) is 3.46. The topological polar surface area (TPSA) is 25.8 Å². The van der Waals surface area contributed by atoms with Crippen LogP contribution in [-0.2, 0) is 25.5 Å². The van der Waals surface area contributed by atoms with Crippen LogP contribution in [0.3, 0.4) is 0 Å². The molecule has 5 heteroatoms. The molecule has 4 aromatic carbocycles. The van der Waals surface area contributed by atoms with Crippen LogP contribution in [0.4, 0.5) is 0 Å². The number of nitrogens with zero attached hydrogens (tertiary/aromatic N) is 2. The molecule has 0 saturated heterocycles. The van der Waals surface area contributed by atoms with E-state index in [0.29, 0.717) is 5.92 Å². The number of thiophene rings is 1. The molecule has 0 unspecified atom stereocenters. The molecule has 0 aliphatic rings. The van der Waals surface area contributed by atoms with Crippen molar-refractivity contribution in [3.63, 3.8) is 0 Å². The molecule has 251 valence electrons. The van der Waals surface area contributed by atoms with Crippen LogP contribution < -0.4 is 5.19 Å². The molecule has 7 aromatic rings. The van der Waals surface area contributed by atoms with Crippen molar-refractivity contribution < 1.29 is 20.1 Å². The standard InChI is InChI=1S/C27H22NS.C17H22NSi.Ir/c1-27(2,3)20-14-15-28-24(17-20)22-11-7-10-21-23-16-19(18-8-5-4-6-9-18)12-13-25(23)29-26(21)22;1-13(2)15-11-16(14-9-7-6-8-10-14)18-12-17(15)19(3,4)5;/h4-10,12-17H,1-3H3;6-9,11-13H,1-5H3;/q2*-1;. The predicted molar refractivity (Wildman–Crippen MR) is 211 cm³/mol. The van der Waals surface area contributed by atoms with E-state index in [9.17, 15) is 0 Å². The molecule has 0 aliphatic heterocycles. The Hall–Kier alpha value is -3.73. The second kappa shape index (κ2) is 15.0. The third-order valence-electron chi connectivity index (χ3n) is 8.77. The van der Waals surface area contributed by atoms with Gasteiger partial charge in [0.2, 0.25) is 0 Å². The molecule has 0 N–H and O–H groups in total. The number of hydrogen-bond donors (Lipinski definition) is 0. The first kappa shape index (κ1) is 36.5. The van der Waals surface area contributed by atoms with Crippen LogP contribution >= 0.6 is 11.3 Å². The van der Waals surface area contributed by atoms with Crippen LogP contribution in [0.25, 0.3) is 53.8 Å². The molecule has 49 heavy (non-hydrogen) atoms. The first-order chi connectivity index (χ1) is 22.9. The Morgan fingerprint density at radius 2 is 1.47 bits per heavy atom. The number of aromatic nitrogens is 2. The molecule has 0 spiro atoms. The quantitative estimate of drug-likeness (QED) is 0.127. The van der Waals surface area contributed by atoms with Gasteiger partial charge in [-0.15, -0.1) is 59.7 Å². The predicted octanol–water partition coefficient (Wildman–Crippen LogP) is 12.1. The first-order valence-corrected chi connectivity index (χ1v) is 21.1. The fourth-order valence-electron chi connectivity index (χ4n) is 6.05. The summed E-state index contributed by atoms with van der Waals surface area (Å²) in [7, 11) is -1.34. The molecule has 0 aliphatic carbocycles. The maximum Gasteiger partial charge on any atom is 0.0799 e. The van der Waals surface area contributed by atoms with Crippen molar-refractivity contribution in [1.82, 2.24) is 9.97 Å². The van der Waals surface area contributed by atoms with Crippen LogP contribution in [0.15, 0.2) is 116 Å². The third-order valence-corrected chi connectivity index (χ3v) is 12.0. The van der Waals surface area contributed by atoms with Gasteiger partial charge in [-0.05, 0) is 72.9 Å². The summed E-state index contributed by atoms with van der Waals surface area (Å²) in [5, 5.41) is 4.05. The average molecular weight is 853 g/mol. The largest absolute Gasteiger partial charge is 0.305 e. The van der Waals surface area contributed by atoms with Gasteiger partial charge in [0.25, 0.3) is 0 Å². The van der Waals surface area contributed by atoms with E-state index in [2.05, 4.69) is 161 Å². The Morgan fingerprint density at radius 3 is 2.14 bits per heavy atom. The van der Waals surface area contributed by atoms with Gasteiger partial charge in [-0.2, -0.15) is 11.3 Å². The van der Waals surface area contributed by atoms with Gasteiger partial charge in [0, 0.05) is 37.2 Å². The van der Waals surface area contributed by atoms with Crippen molar-refractivity contribution in [2.75, 3.05) is 0 Å². The minimum atomic E-state index is -1.34. The van der Waals surface area contributed by atoms with Gasteiger partial charge in [-0.3, -0.25) is 0 Å². The summed E-state index contributed by atoms with van der Waals surface area (Å²) in [4.78, 5) is 9.35. The molecular formula is C44H44IrN2SSi-2. The smallest absolute Gasteiger partial charge is 0.0799 e. The molecule has 2 nitrogen and oxygen atoms in total. The molecule has 3 heterocycles. The normalized spacial score (nSPS) is 11.7. The van der Waals surface area contributed by atoms with Crippen LogP contribution in [0, 0.1) is 12.1 Å². The Kier molecular flexibility index (Phi) is 11.2. The number of pyridine rings is 2. The number of fused-ring (bicyclic) bond motifs is 3. The zero-order chi connectivity index (χ0) is 34.1. The molecule has 3 aromatic heterocycles. The van der Waals surface area contributed by atoms with Crippen molar-refractivity contribution in [1.29, 1.82) is 0 Å². The summed E-state index contributed by atoms with van der Waals surface area (Å²) in [5.74, 6) is 0.534. The number of benzene rings is 4. The van der Waals surface area contributed by atoms with Crippen LogP contribution in [0.2, 0.25) is 19.6 Å². The van der Waals surface area contributed by atoms with E-state index in [1.165, 1.54) is 47.6 Å². The Balaban J connectivity index is 0.000000205. The fraction of sp³-hybridized carbons (Fsp3) is 0.227. The van der Waals surface area contributed by atoms with E-state index in [-0.39, 0.29) is 25.5 Å². The van der Waals surface area contributed by atoms with Crippen molar-refractivity contribution in [2.45, 2.75) is 65.6 Å². The fourth-order valence-corrected chi connectivity index (χ4v) is 8.92. The van der Waals surface area contributed by atoms with Gasteiger partial charge in [0.05, 0.1) is 8.07 Å². The Morgan fingerprint density at radius 1 is 0.714 bits per heavy atom.